The normalized spacial score (nSPS) is 10.7. The van der Waals surface area contributed by atoms with Crippen LogP contribution in [0.15, 0.2) is 71.5 Å². The fourth-order valence-electron chi connectivity index (χ4n) is 2.86. The minimum atomic E-state index is -0.231. The molecule has 0 aliphatic rings. The fourth-order valence-corrected chi connectivity index (χ4v) is 4.29. The monoisotopic (exact) mass is 464 g/mol. The molecule has 8 nitrogen and oxygen atoms in total. The van der Waals surface area contributed by atoms with Gasteiger partial charge in [-0.15, -0.1) is 21.5 Å². The first kappa shape index (κ1) is 21.7. The molecule has 0 fully saturated rings. The quantitative estimate of drug-likeness (QED) is 0.386. The van der Waals surface area contributed by atoms with E-state index in [4.69, 9.17) is 0 Å². The molecule has 0 unspecified atom stereocenters. The van der Waals surface area contributed by atoms with Gasteiger partial charge in [-0.05, 0) is 18.2 Å². The maximum atomic E-state index is 12.6. The smallest absolute Gasteiger partial charge is 0.251 e. The molecular weight excluding hydrogens is 444 g/mol. The second kappa shape index (κ2) is 10.2. The Bertz CT molecular complexity index is 1220. The first-order valence-electron chi connectivity index (χ1n) is 9.73. The van der Waals surface area contributed by atoms with E-state index >= 15 is 0 Å². The predicted octanol–water partition coefficient (Wildman–Crippen LogP) is 3.60. The van der Waals surface area contributed by atoms with Crippen LogP contribution in [0.1, 0.15) is 15.4 Å². The largest absolute Gasteiger partial charge is 0.346 e. The van der Waals surface area contributed by atoms with Crippen LogP contribution >= 0.6 is 23.1 Å². The summed E-state index contributed by atoms with van der Waals surface area (Å²) in [7, 11) is 1.82. The maximum Gasteiger partial charge on any atom is 0.251 e. The zero-order valence-corrected chi connectivity index (χ0v) is 18.8. The summed E-state index contributed by atoms with van der Waals surface area (Å²) in [5.74, 6) is -0.227. The van der Waals surface area contributed by atoms with E-state index in [9.17, 15) is 9.59 Å². The lowest BCUT2D eigenvalue weighted by Gasteiger charge is -2.08. The third kappa shape index (κ3) is 5.59. The molecule has 0 spiro atoms. The average Bonchev–Trinajstić information content (AvgIpc) is 3.46. The van der Waals surface area contributed by atoms with Crippen molar-refractivity contribution in [2.45, 2.75) is 11.7 Å². The van der Waals surface area contributed by atoms with Crippen LogP contribution in [0, 0.1) is 0 Å². The summed E-state index contributed by atoms with van der Waals surface area (Å²) in [4.78, 5) is 29.4. The highest BCUT2D eigenvalue weighted by molar-refractivity contribution is 7.99. The molecule has 2 aromatic carbocycles. The Kier molecular flexibility index (Phi) is 6.93. The number of hydrogen-bond acceptors (Lipinski definition) is 7. The molecule has 0 aliphatic heterocycles. The Balaban J connectivity index is 1.31. The molecule has 0 saturated heterocycles. The van der Waals surface area contributed by atoms with Crippen molar-refractivity contribution in [3.05, 3.63) is 76.9 Å². The lowest BCUT2D eigenvalue weighted by Crippen LogP contribution is -2.23. The Hall–Kier alpha value is -3.50. The molecular formula is C22H20N6O2S2. The van der Waals surface area contributed by atoms with Crippen LogP contribution in [0.5, 0.6) is 0 Å². The molecule has 2 N–H and O–H groups in total. The molecule has 0 radical (unpaired) electrons. The summed E-state index contributed by atoms with van der Waals surface area (Å²) >= 11 is 2.79. The molecule has 162 valence electrons. The van der Waals surface area contributed by atoms with Crippen molar-refractivity contribution in [1.82, 2.24) is 25.1 Å². The number of hydrogen-bond donors (Lipinski definition) is 2. The predicted molar refractivity (Wildman–Crippen MR) is 126 cm³/mol. The summed E-state index contributed by atoms with van der Waals surface area (Å²) in [6.07, 6.45) is 1.58. The van der Waals surface area contributed by atoms with Gasteiger partial charge in [-0.3, -0.25) is 9.59 Å². The van der Waals surface area contributed by atoms with Crippen molar-refractivity contribution in [3.8, 4) is 11.3 Å². The van der Waals surface area contributed by atoms with Crippen molar-refractivity contribution in [1.29, 1.82) is 0 Å². The molecule has 2 amide bonds. The molecule has 0 aliphatic carbocycles. The molecule has 0 atom stereocenters. The molecule has 0 saturated carbocycles. The number of amides is 2. The first-order valence-corrected chi connectivity index (χ1v) is 11.6. The lowest BCUT2D eigenvalue weighted by molar-refractivity contribution is -0.113. The third-order valence-electron chi connectivity index (χ3n) is 4.43. The fraction of sp³-hybridized carbons (Fsp3) is 0.136. The van der Waals surface area contributed by atoms with Crippen LogP contribution in [0.4, 0.5) is 5.69 Å². The maximum absolute atomic E-state index is 12.6. The van der Waals surface area contributed by atoms with Crippen molar-refractivity contribution in [2.24, 2.45) is 7.05 Å². The van der Waals surface area contributed by atoms with Gasteiger partial charge < -0.3 is 15.2 Å². The highest BCUT2D eigenvalue weighted by Gasteiger charge is 2.11. The molecule has 4 rings (SSSR count). The summed E-state index contributed by atoms with van der Waals surface area (Å²) < 4.78 is 1.74. The highest BCUT2D eigenvalue weighted by atomic mass is 32.2. The van der Waals surface area contributed by atoms with Gasteiger partial charge in [0.2, 0.25) is 5.91 Å². The van der Waals surface area contributed by atoms with Crippen molar-refractivity contribution in [2.75, 3.05) is 11.1 Å². The van der Waals surface area contributed by atoms with Crippen LogP contribution in [0.2, 0.25) is 0 Å². The second-order valence-corrected chi connectivity index (χ2v) is 8.70. The molecule has 4 aromatic rings. The first-order chi connectivity index (χ1) is 15.6. The Morgan fingerprint density at radius 2 is 1.97 bits per heavy atom. The number of nitrogens with zero attached hydrogens (tertiary/aromatic N) is 4. The Labute approximate surface area is 193 Å². The minimum absolute atomic E-state index is 0.188. The van der Waals surface area contributed by atoms with Crippen LogP contribution < -0.4 is 10.6 Å². The van der Waals surface area contributed by atoms with Crippen LogP contribution in [-0.2, 0) is 18.4 Å². The van der Waals surface area contributed by atoms with Crippen molar-refractivity contribution < 1.29 is 9.59 Å². The van der Waals surface area contributed by atoms with E-state index in [-0.39, 0.29) is 17.6 Å². The summed E-state index contributed by atoms with van der Waals surface area (Å²) in [5.41, 5.74) is 2.95. The van der Waals surface area contributed by atoms with Gasteiger partial charge in [0.05, 0.1) is 18.0 Å². The number of aromatic nitrogens is 4. The zero-order valence-electron chi connectivity index (χ0n) is 17.2. The standard InChI is InChI=1S/C22H20N6O2S2/c1-28-14-24-27-22(28)32-13-19(29)25-17-9-5-8-16(10-17)21(30)23-11-20-26-18(12-31-20)15-6-3-2-4-7-15/h2-10,12,14H,11,13H2,1H3,(H,23,30)(H,25,29). The molecule has 0 bridgehead atoms. The number of rotatable bonds is 8. The van der Waals surface area contributed by atoms with Crippen molar-refractivity contribution in [3.63, 3.8) is 0 Å². The van der Waals surface area contributed by atoms with E-state index in [0.29, 0.717) is 23.0 Å². The second-order valence-electron chi connectivity index (χ2n) is 6.82. The number of nitrogens with one attached hydrogen (secondary N) is 2. The van der Waals surface area contributed by atoms with E-state index in [2.05, 4.69) is 25.8 Å². The summed E-state index contributed by atoms with van der Waals surface area (Å²) in [6, 6.07) is 16.7. The average molecular weight is 465 g/mol. The van der Waals surface area contributed by atoms with E-state index in [1.54, 1.807) is 35.2 Å². The van der Waals surface area contributed by atoms with Crippen molar-refractivity contribution >= 4 is 40.6 Å². The van der Waals surface area contributed by atoms with Crippen LogP contribution in [0.3, 0.4) is 0 Å². The van der Waals surface area contributed by atoms with Gasteiger partial charge in [-0.1, -0.05) is 48.2 Å². The van der Waals surface area contributed by atoms with E-state index in [1.807, 2.05) is 42.8 Å². The molecule has 2 heterocycles. The van der Waals surface area contributed by atoms with E-state index in [0.717, 1.165) is 16.3 Å². The number of carbonyl (C=O) groups excluding carboxylic acids is 2. The van der Waals surface area contributed by atoms with Gasteiger partial charge in [0, 0.05) is 29.2 Å². The summed E-state index contributed by atoms with van der Waals surface area (Å²) in [6.45, 7) is 0.335. The lowest BCUT2D eigenvalue weighted by atomic mass is 10.2. The molecule has 10 heteroatoms. The van der Waals surface area contributed by atoms with Gasteiger partial charge >= 0.3 is 0 Å². The minimum Gasteiger partial charge on any atom is -0.346 e. The van der Waals surface area contributed by atoms with Gasteiger partial charge in [-0.25, -0.2) is 4.98 Å². The number of aryl methyl sites for hydroxylation is 1. The van der Waals surface area contributed by atoms with E-state index < -0.39 is 0 Å². The van der Waals surface area contributed by atoms with Gasteiger partial charge in [-0.2, -0.15) is 0 Å². The van der Waals surface area contributed by atoms with Gasteiger partial charge in [0.15, 0.2) is 5.16 Å². The zero-order chi connectivity index (χ0) is 22.3. The number of anilines is 1. The molecule has 32 heavy (non-hydrogen) atoms. The molecule has 2 aromatic heterocycles. The SMILES string of the molecule is Cn1cnnc1SCC(=O)Nc1cccc(C(=O)NCc2nc(-c3ccccc3)cs2)c1. The Morgan fingerprint density at radius 3 is 2.75 bits per heavy atom. The summed E-state index contributed by atoms with van der Waals surface area (Å²) in [5, 5.41) is 16.9. The van der Waals surface area contributed by atoms with Gasteiger partial charge in [0.25, 0.3) is 5.91 Å². The van der Waals surface area contributed by atoms with Gasteiger partial charge in [0.1, 0.15) is 11.3 Å². The number of carbonyl (C=O) groups is 2. The van der Waals surface area contributed by atoms with Crippen LogP contribution in [0.25, 0.3) is 11.3 Å². The van der Waals surface area contributed by atoms with Crippen LogP contribution in [-0.4, -0.2) is 37.3 Å². The third-order valence-corrected chi connectivity index (χ3v) is 6.32. The Morgan fingerprint density at radius 1 is 1.12 bits per heavy atom. The highest BCUT2D eigenvalue weighted by Crippen LogP contribution is 2.21. The topological polar surface area (TPSA) is 102 Å². The number of thiazole rings is 1. The number of thioether (sulfide) groups is 1. The number of benzene rings is 2. The van der Waals surface area contributed by atoms with E-state index in [1.165, 1.54) is 23.1 Å².